The minimum absolute atomic E-state index is 0.107. The van der Waals surface area contributed by atoms with Gasteiger partial charge in [0.1, 0.15) is 3.70 Å². The van der Waals surface area contributed by atoms with Crippen molar-refractivity contribution in [2.24, 2.45) is 0 Å². The summed E-state index contributed by atoms with van der Waals surface area (Å²) in [6.07, 6.45) is -1.38. The zero-order chi connectivity index (χ0) is 10.0. The molecule has 0 bridgehead atoms. The van der Waals surface area contributed by atoms with Crippen LogP contribution in [0.5, 0.6) is 0 Å². The van der Waals surface area contributed by atoms with E-state index in [1.54, 1.807) is 6.92 Å². The molecule has 0 amide bonds. The van der Waals surface area contributed by atoms with Gasteiger partial charge in [-0.15, -0.1) is 0 Å². The lowest BCUT2D eigenvalue weighted by atomic mass is 10.1. The first-order chi connectivity index (χ1) is 6.07. The van der Waals surface area contributed by atoms with Crippen LogP contribution in [0.2, 0.25) is 0 Å². The Morgan fingerprint density at radius 2 is 2.23 bits per heavy atom. The summed E-state index contributed by atoms with van der Waals surface area (Å²) in [5, 5.41) is 8.92. The van der Waals surface area contributed by atoms with Crippen molar-refractivity contribution in [2.45, 2.75) is 20.0 Å². The lowest BCUT2D eigenvalue weighted by Crippen LogP contribution is -2.01. The molecule has 0 unspecified atom stereocenters. The third kappa shape index (κ3) is 2.14. The van der Waals surface area contributed by atoms with Crippen molar-refractivity contribution in [3.63, 3.8) is 0 Å². The number of aliphatic hydroxyl groups is 1. The van der Waals surface area contributed by atoms with E-state index in [0.717, 1.165) is 6.20 Å². The predicted octanol–water partition coefficient (Wildman–Crippen LogP) is 2.42. The number of aliphatic hydroxyl groups excluding tert-OH is 1. The van der Waals surface area contributed by atoms with Crippen molar-refractivity contribution in [2.75, 3.05) is 0 Å². The van der Waals surface area contributed by atoms with Crippen molar-refractivity contribution in [1.29, 1.82) is 0 Å². The number of hydrogen-bond donors (Lipinski definition) is 1. The maximum Gasteiger partial charge on any atom is 0.265 e. The smallest absolute Gasteiger partial charge is 0.265 e. The minimum atomic E-state index is -2.53. The number of hydrogen-bond acceptors (Lipinski definition) is 2. The van der Waals surface area contributed by atoms with Crippen molar-refractivity contribution in [3.8, 4) is 0 Å². The second-order valence-corrected chi connectivity index (χ2v) is 3.59. The highest BCUT2D eigenvalue weighted by Crippen LogP contribution is 2.26. The van der Waals surface area contributed by atoms with E-state index in [0.29, 0.717) is 14.8 Å². The van der Waals surface area contributed by atoms with Gasteiger partial charge in [-0.25, -0.2) is 13.8 Å². The summed E-state index contributed by atoms with van der Waals surface area (Å²) in [5.74, 6) is 0. The molecule has 0 aromatic carbocycles. The molecule has 1 rings (SSSR count). The molecule has 0 aliphatic carbocycles. The monoisotopic (exact) mass is 299 g/mol. The number of alkyl halides is 2. The zero-order valence-electron chi connectivity index (χ0n) is 6.89. The largest absolute Gasteiger partial charge is 0.392 e. The van der Waals surface area contributed by atoms with Gasteiger partial charge in [0.05, 0.1) is 6.61 Å². The molecule has 0 saturated heterocycles. The van der Waals surface area contributed by atoms with Crippen molar-refractivity contribution >= 4 is 22.6 Å². The number of pyridine rings is 1. The van der Waals surface area contributed by atoms with Crippen molar-refractivity contribution in [1.82, 2.24) is 4.98 Å². The Balaban J connectivity index is 3.27. The fourth-order valence-corrected chi connectivity index (χ4v) is 1.75. The minimum Gasteiger partial charge on any atom is -0.392 e. The van der Waals surface area contributed by atoms with E-state index >= 15 is 0 Å². The average Bonchev–Trinajstić information content (AvgIpc) is 2.04. The van der Waals surface area contributed by atoms with E-state index < -0.39 is 6.43 Å². The normalized spacial score (nSPS) is 10.9. The van der Waals surface area contributed by atoms with Gasteiger partial charge in [-0.1, -0.05) is 0 Å². The van der Waals surface area contributed by atoms with Crippen LogP contribution in [0.3, 0.4) is 0 Å². The fraction of sp³-hybridized carbons (Fsp3) is 0.375. The lowest BCUT2D eigenvalue weighted by molar-refractivity contribution is 0.149. The fourth-order valence-electron chi connectivity index (χ4n) is 1.03. The first kappa shape index (κ1) is 10.8. The van der Waals surface area contributed by atoms with Gasteiger partial charge in [0, 0.05) is 17.3 Å². The molecular formula is C8H8F2INO. The Labute approximate surface area is 88.1 Å². The summed E-state index contributed by atoms with van der Waals surface area (Å²) < 4.78 is 25.3. The van der Waals surface area contributed by atoms with E-state index in [-0.39, 0.29) is 12.2 Å². The maximum atomic E-state index is 12.4. The molecule has 5 heteroatoms. The molecule has 0 spiro atoms. The molecule has 1 N–H and O–H groups in total. The third-order valence-electron chi connectivity index (χ3n) is 1.84. The molecule has 0 aliphatic rings. The van der Waals surface area contributed by atoms with E-state index in [1.807, 2.05) is 22.6 Å². The Bertz CT molecular complexity index is 317. The Kier molecular flexibility index (Phi) is 3.55. The van der Waals surface area contributed by atoms with E-state index in [1.165, 1.54) is 0 Å². The van der Waals surface area contributed by atoms with Gasteiger partial charge < -0.3 is 5.11 Å². The van der Waals surface area contributed by atoms with Gasteiger partial charge in [0.15, 0.2) is 0 Å². The van der Waals surface area contributed by atoms with Crippen LogP contribution in [0.4, 0.5) is 8.78 Å². The Morgan fingerprint density at radius 3 is 2.69 bits per heavy atom. The molecule has 1 aromatic rings. The number of rotatable bonds is 2. The Hall–Kier alpha value is -0.300. The van der Waals surface area contributed by atoms with Crippen molar-refractivity contribution in [3.05, 3.63) is 26.6 Å². The van der Waals surface area contributed by atoms with Gasteiger partial charge in [-0.3, -0.25) is 0 Å². The molecule has 0 saturated carbocycles. The van der Waals surface area contributed by atoms with Crippen LogP contribution in [0.15, 0.2) is 6.20 Å². The van der Waals surface area contributed by atoms with Crippen LogP contribution >= 0.6 is 22.6 Å². The number of halogens is 3. The first-order valence-corrected chi connectivity index (χ1v) is 4.68. The average molecular weight is 299 g/mol. The highest BCUT2D eigenvalue weighted by atomic mass is 127. The van der Waals surface area contributed by atoms with Gasteiger partial charge in [-0.2, -0.15) is 0 Å². The molecule has 0 aliphatic heterocycles. The molecule has 2 nitrogen and oxygen atoms in total. The molecule has 13 heavy (non-hydrogen) atoms. The van der Waals surface area contributed by atoms with Gasteiger partial charge in [-0.05, 0) is 35.1 Å². The number of nitrogens with zero attached hydrogens (tertiary/aromatic N) is 1. The SMILES string of the molecule is Cc1c(C(F)F)cnc(I)c1CO. The molecule has 1 heterocycles. The first-order valence-electron chi connectivity index (χ1n) is 3.60. The van der Waals surface area contributed by atoms with E-state index in [9.17, 15) is 8.78 Å². The van der Waals surface area contributed by atoms with Crippen LogP contribution in [0.1, 0.15) is 23.1 Å². The van der Waals surface area contributed by atoms with Crippen LogP contribution in [0.25, 0.3) is 0 Å². The topological polar surface area (TPSA) is 33.1 Å². The molecule has 0 fully saturated rings. The summed E-state index contributed by atoms with van der Waals surface area (Å²) in [6.45, 7) is 1.31. The van der Waals surface area contributed by atoms with E-state index in [4.69, 9.17) is 5.11 Å². The molecule has 1 aromatic heterocycles. The van der Waals surface area contributed by atoms with Crippen LogP contribution in [-0.2, 0) is 6.61 Å². The summed E-state index contributed by atoms with van der Waals surface area (Å²) in [5.41, 5.74) is 0.805. The standard InChI is InChI=1S/C8H8F2INO/c1-4-5(7(9)10)2-12-8(11)6(4)3-13/h2,7,13H,3H2,1H3. The summed E-state index contributed by atoms with van der Waals surface area (Å²) in [7, 11) is 0. The quantitative estimate of drug-likeness (QED) is 0.672. The lowest BCUT2D eigenvalue weighted by Gasteiger charge is -2.09. The van der Waals surface area contributed by atoms with Crippen LogP contribution in [0, 0.1) is 10.6 Å². The Morgan fingerprint density at radius 1 is 1.62 bits per heavy atom. The zero-order valence-corrected chi connectivity index (χ0v) is 9.05. The highest BCUT2D eigenvalue weighted by Gasteiger charge is 2.15. The summed E-state index contributed by atoms with van der Waals surface area (Å²) >= 11 is 1.91. The van der Waals surface area contributed by atoms with Crippen LogP contribution in [-0.4, -0.2) is 10.1 Å². The molecular weight excluding hydrogens is 291 g/mol. The summed E-state index contributed by atoms with van der Waals surface area (Å²) in [4.78, 5) is 3.78. The van der Waals surface area contributed by atoms with Crippen molar-refractivity contribution < 1.29 is 13.9 Å². The van der Waals surface area contributed by atoms with E-state index in [2.05, 4.69) is 4.98 Å². The predicted molar refractivity (Wildman–Crippen MR) is 52.6 cm³/mol. The van der Waals surface area contributed by atoms with Crippen LogP contribution < -0.4 is 0 Å². The highest BCUT2D eigenvalue weighted by molar-refractivity contribution is 14.1. The second kappa shape index (κ2) is 4.28. The van der Waals surface area contributed by atoms with Gasteiger partial charge in [0.2, 0.25) is 0 Å². The second-order valence-electron chi connectivity index (χ2n) is 2.57. The number of aromatic nitrogens is 1. The van der Waals surface area contributed by atoms with Gasteiger partial charge >= 0.3 is 0 Å². The maximum absolute atomic E-state index is 12.4. The summed E-state index contributed by atoms with van der Waals surface area (Å²) in [6, 6.07) is 0. The molecule has 72 valence electrons. The molecule has 0 atom stereocenters. The third-order valence-corrected chi connectivity index (χ3v) is 2.77. The van der Waals surface area contributed by atoms with Gasteiger partial charge in [0.25, 0.3) is 6.43 Å². The molecule has 0 radical (unpaired) electrons.